The van der Waals surface area contributed by atoms with Gasteiger partial charge in [-0.05, 0) is 32.3 Å². The molecule has 2 rings (SSSR count). The smallest absolute Gasteiger partial charge is 0.322 e. The molecular weight excluding hydrogens is 296 g/mol. The van der Waals surface area contributed by atoms with Crippen LogP contribution in [0.25, 0.3) is 0 Å². The fourth-order valence-electron chi connectivity index (χ4n) is 2.40. The molecule has 1 fully saturated rings. The van der Waals surface area contributed by atoms with E-state index < -0.39 is 22.0 Å². The van der Waals surface area contributed by atoms with Crippen LogP contribution in [0.1, 0.15) is 26.2 Å². The van der Waals surface area contributed by atoms with Gasteiger partial charge in [-0.1, -0.05) is 0 Å². The van der Waals surface area contributed by atoms with E-state index in [1.165, 1.54) is 18.5 Å². The van der Waals surface area contributed by atoms with Crippen LogP contribution in [-0.4, -0.2) is 48.0 Å². The van der Waals surface area contributed by atoms with Crippen LogP contribution in [0.3, 0.4) is 0 Å². The molecule has 0 aromatic carbocycles. The quantitative estimate of drug-likeness (QED) is 0.874. The molecule has 1 aromatic heterocycles. The number of carboxylic acid groups (broad SMARTS) is 1. The molecule has 1 atom stereocenters. The SMILES string of the molecule is CCOc1ccncc1S(=O)(=O)N1CCCCC1C(=O)O. The second kappa shape index (κ2) is 6.40. The summed E-state index contributed by atoms with van der Waals surface area (Å²) in [7, 11) is -3.94. The lowest BCUT2D eigenvalue weighted by Crippen LogP contribution is -2.47. The molecule has 1 aliphatic rings. The standard InChI is InChI=1S/C13H18N2O5S/c1-2-20-11-6-7-14-9-12(11)21(18,19)15-8-4-3-5-10(15)13(16)17/h6-7,9-10H,2-5,8H2,1H3,(H,16,17). The van der Waals surface area contributed by atoms with Crippen LogP contribution in [0.2, 0.25) is 0 Å². The Balaban J connectivity index is 2.43. The maximum atomic E-state index is 12.7. The van der Waals surface area contributed by atoms with Crippen molar-refractivity contribution < 1.29 is 23.1 Å². The van der Waals surface area contributed by atoms with Crippen LogP contribution < -0.4 is 4.74 Å². The molecule has 0 bridgehead atoms. The normalized spacial score (nSPS) is 20.1. The summed E-state index contributed by atoms with van der Waals surface area (Å²) in [5.74, 6) is -0.928. The molecule has 21 heavy (non-hydrogen) atoms. The van der Waals surface area contributed by atoms with Crippen molar-refractivity contribution in [1.82, 2.24) is 9.29 Å². The van der Waals surface area contributed by atoms with E-state index in [9.17, 15) is 18.3 Å². The summed E-state index contributed by atoms with van der Waals surface area (Å²) in [4.78, 5) is 15.0. The second-order valence-electron chi connectivity index (χ2n) is 4.72. The molecule has 116 valence electrons. The number of carboxylic acids is 1. The molecule has 1 N–H and O–H groups in total. The highest BCUT2D eigenvalue weighted by Crippen LogP contribution is 2.30. The maximum absolute atomic E-state index is 12.7. The van der Waals surface area contributed by atoms with Crippen molar-refractivity contribution in [2.75, 3.05) is 13.2 Å². The molecule has 1 aromatic rings. The Labute approximate surface area is 123 Å². The number of hydrogen-bond acceptors (Lipinski definition) is 5. The third-order valence-electron chi connectivity index (χ3n) is 3.37. The molecule has 0 aliphatic carbocycles. The minimum Gasteiger partial charge on any atom is -0.492 e. The van der Waals surface area contributed by atoms with Gasteiger partial charge in [0, 0.05) is 12.7 Å². The van der Waals surface area contributed by atoms with Crippen LogP contribution in [0.4, 0.5) is 0 Å². The highest BCUT2D eigenvalue weighted by molar-refractivity contribution is 7.89. The predicted octanol–water partition coefficient (Wildman–Crippen LogP) is 1.11. The highest BCUT2D eigenvalue weighted by atomic mass is 32.2. The molecule has 0 amide bonds. The summed E-state index contributed by atoms with van der Waals surface area (Å²) < 4.78 is 31.8. The first-order valence-corrected chi connectivity index (χ1v) is 8.24. The average Bonchev–Trinajstić information content (AvgIpc) is 2.48. The second-order valence-corrected chi connectivity index (χ2v) is 6.58. The average molecular weight is 314 g/mol. The van der Waals surface area contributed by atoms with E-state index in [1.807, 2.05) is 0 Å². The topological polar surface area (TPSA) is 96.8 Å². The third-order valence-corrected chi connectivity index (χ3v) is 5.29. The van der Waals surface area contributed by atoms with E-state index in [1.54, 1.807) is 6.92 Å². The number of nitrogens with zero attached hydrogens (tertiary/aromatic N) is 2. The summed E-state index contributed by atoms with van der Waals surface area (Å²) in [6.07, 6.45) is 4.31. The third kappa shape index (κ3) is 3.16. The monoisotopic (exact) mass is 314 g/mol. The molecule has 1 unspecified atom stereocenters. The molecule has 2 heterocycles. The van der Waals surface area contributed by atoms with E-state index in [0.29, 0.717) is 25.9 Å². The van der Waals surface area contributed by atoms with Crippen LogP contribution in [0.5, 0.6) is 5.75 Å². The lowest BCUT2D eigenvalue weighted by Gasteiger charge is -2.32. The van der Waals surface area contributed by atoms with E-state index in [4.69, 9.17) is 4.74 Å². The zero-order valence-electron chi connectivity index (χ0n) is 11.7. The Morgan fingerprint density at radius 1 is 1.52 bits per heavy atom. The fraction of sp³-hybridized carbons (Fsp3) is 0.538. The number of sulfonamides is 1. The van der Waals surface area contributed by atoms with Gasteiger partial charge in [0.05, 0.1) is 12.8 Å². The largest absolute Gasteiger partial charge is 0.492 e. The zero-order chi connectivity index (χ0) is 15.5. The number of carbonyl (C=O) groups is 1. The minimum absolute atomic E-state index is 0.0833. The molecule has 0 radical (unpaired) electrons. The van der Waals surface area contributed by atoms with E-state index in [-0.39, 0.29) is 17.2 Å². The summed E-state index contributed by atoms with van der Waals surface area (Å²) >= 11 is 0. The number of piperidine rings is 1. The van der Waals surface area contributed by atoms with Gasteiger partial charge in [-0.25, -0.2) is 8.42 Å². The van der Waals surface area contributed by atoms with Crippen molar-refractivity contribution in [3.63, 3.8) is 0 Å². The summed E-state index contributed by atoms with van der Waals surface area (Å²) in [5, 5.41) is 9.24. The van der Waals surface area contributed by atoms with E-state index in [0.717, 1.165) is 4.31 Å². The Bertz CT molecular complexity index is 617. The lowest BCUT2D eigenvalue weighted by atomic mass is 10.1. The van der Waals surface area contributed by atoms with Gasteiger partial charge < -0.3 is 9.84 Å². The summed E-state index contributed by atoms with van der Waals surface area (Å²) in [6, 6.07) is 0.439. The first kappa shape index (κ1) is 15.7. The summed E-state index contributed by atoms with van der Waals surface area (Å²) in [5.41, 5.74) is 0. The van der Waals surface area contributed by atoms with Crippen LogP contribution in [-0.2, 0) is 14.8 Å². The van der Waals surface area contributed by atoms with E-state index >= 15 is 0 Å². The van der Waals surface area contributed by atoms with Crippen molar-refractivity contribution in [2.24, 2.45) is 0 Å². The first-order valence-electron chi connectivity index (χ1n) is 6.80. The number of pyridine rings is 1. The minimum atomic E-state index is -3.94. The molecule has 7 nitrogen and oxygen atoms in total. The van der Waals surface area contributed by atoms with Gasteiger partial charge in [-0.2, -0.15) is 4.31 Å². The molecule has 1 aliphatic heterocycles. The molecule has 0 spiro atoms. The number of ether oxygens (including phenoxy) is 1. The fourth-order valence-corrected chi connectivity index (χ4v) is 4.13. The van der Waals surface area contributed by atoms with Gasteiger partial charge in [0.1, 0.15) is 16.7 Å². The Kier molecular flexibility index (Phi) is 4.79. The number of aromatic nitrogens is 1. The van der Waals surface area contributed by atoms with Gasteiger partial charge in [-0.15, -0.1) is 0 Å². The van der Waals surface area contributed by atoms with Crippen molar-refractivity contribution in [1.29, 1.82) is 0 Å². The molecular formula is C13H18N2O5S. The van der Waals surface area contributed by atoms with Crippen LogP contribution in [0, 0.1) is 0 Å². The Morgan fingerprint density at radius 3 is 2.95 bits per heavy atom. The van der Waals surface area contributed by atoms with Crippen molar-refractivity contribution in [2.45, 2.75) is 37.1 Å². The number of rotatable bonds is 5. The maximum Gasteiger partial charge on any atom is 0.322 e. The van der Waals surface area contributed by atoms with Crippen molar-refractivity contribution in [3.8, 4) is 5.75 Å². The lowest BCUT2D eigenvalue weighted by molar-refractivity contribution is -0.142. The first-order chi connectivity index (χ1) is 9.98. The molecule has 1 saturated heterocycles. The van der Waals surface area contributed by atoms with Gasteiger partial charge in [0.25, 0.3) is 0 Å². The van der Waals surface area contributed by atoms with Crippen molar-refractivity contribution in [3.05, 3.63) is 18.5 Å². The van der Waals surface area contributed by atoms with Gasteiger partial charge >= 0.3 is 5.97 Å². The summed E-state index contributed by atoms with van der Waals surface area (Å²) in [6.45, 7) is 2.26. The van der Waals surface area contributed by atoms with Gasteiger partial charge in [0.2, 0.25) is 10.0 Å². The molecule has 8 heteroatoms. The highest BCUT2D eigenvalue weighted by Gasteiger charge is 2.39. The van der Waals surface area contributed by atoms with E-state index in [2.05, 4.69) is 4.98 Å². The predicted molar refractivity (Wildman–Crippen MR) is 74.6 cm³/mol. The Hall–Kier alpha value is -1.67. The molecule has 0 saturated carbocycles. The van der Waals surface area contributed by atoms with Crippen molar-refractivity contribution >= 4 is 16.0 Å². The Morgan fingerprint density at radius 2 is 2.29 bits per heavy atom. The van der Waals surface area contributed by atoms with Crippen LogP contribution in [0.15, 0.2) is 23.4 Å². The number of aliphatic carboxylic acids is 1. The zero-order valence-corrected chi connectivity index (χ0v) is 12.5. The van der Waals surface area contributed by atoms with Gasteiger partial charge in [-0.3, -0.25) is 9.78 Å². The van der Waals surface area contributed by atoms with Crippen LogP contribution >= 0.6 is 0 Å². The van der Waals surface area contributed by atoms with Gasteiger partial charge in [0.15, 0.2) is 0 Å². The number of hydrogen-bond donors (Lipinski definition) is 1.